The molecule has 5 rings (SSSR count). The molecular formula is C31H41F2N7O2. The highest BCUT2D eigenvalue weighted by atomic mass is 19.3. The molecule has 1 aromatic carbocycles. The topological polar surface area (TPSA) is 86.7 Å². The maximum Gasteiger partial charge on any atom is 0.316 e. The standard InChI is InChI=1S/C31H41F2N7O2/c1-21(2)38-14-16-40(17-15-38)28-9-8-24-25(6-5-7-26(24)37-28)29(41)34-20-27(39-12-10-31(32,33)11-13-39)23-18-35-30(36-19-23)42-22(3)4/h5-9,18-19,21-22,27H,10-17,20H2,1-4H3,(H,34,41). The highest BCUT2D eigenvalue weighted by Gasteiger charge is 2.37. The van der Waals surface area contributed by atoms with E-state index in [-0.39, 0.29) is 56.5 Å². The summed E-state index contributed by atoms with van der Waals surface area (Å²) in [6, 6.07) is 9.93. The second kappa shape index (κ2) is 12.8. The fourth-order valence-corrected chi connectivity index (χ4v) is 5.66. The van der Waals surface area contributed by atoms with Crippen LogP contribution in [0.3, 0.4) is 0 Å². The zero-order valence-corrected chi connectivity index (χ0v) is 24.9. The van der Waals surface area contributed by atoms with Gasteiger partial charge in [0.1, 0.15) is 5.82 Å². The first-order chi connectivity index (χ1) is 20.1. The molecule has 2 aliphatic rings. The Bertz CT molecular complexity index is 1350. The Morgan fingerprint density at radius 1 is 0.952 bits per heavy atom. The molecule has 2 fully saturated rings. The minimum atomic E-state index is -2.67. The monoisotopic (exact) mass is 581 g/mol. The van der Waals surface area contributed by atoms with Crippen LogP contribution in [-0.2, 0) is 0 Å². The summed E-state index contributed by atoms with van der Waals surface area (Å²) in [4.78, 5) is 33.7. The second-order valence-corrected chi connectivity index (χ2v) is 11.7. The molecule has 3 aromatic rings. The van der Waals surface area contributed by atoms with Crippen LogP contribution in [0.2, 0.25) is 0 Å². The second-order valence-electron chi connectivity index (χ2n) is 11.7. The summed E-state index contributed by atoms with van der Waals surface area (Å²) >= 11 is 0. The van der Waals surface area contributed by atoms with E-state index in [9.17, 15) is 13.6 Å². The van der Waals surface area contributed by atoms with E-state index in [1.54, 1.807) is 18.5 Å². The summed E-state index contributed by atoms with van der Waals surface area (Å²) in [6.45, 7) is 12.7. The molecule has 1 atom stereocenters. The number of alkyl halides is 2. The van der Waals surface area contributed by atoms with Gasteiger partial charge in [-0.3, -0.25) is 14.6 Å². The van der Waals surface area contributed by atoms with Gasteiger partial charge < -0.3 is 15.0 Å². The molecule has 0 aliphatic carbocycles. The van der Waals surface area contributed by atoms with Crippen molar-refractivity contribution in [1.29, 1.82) is 0 Å². The fourth-order valence-electron chi connectivity index (χ4n) is 5.66. The van der Waals surface area contributed by atoms with Crippen LogP contribution in [0.4, 0.5) is 14.6 Å². The quantitative estimate of drug-likeness (QED) is 0.394. The van der Waals surface area contributed by atoms with Crippen LogP contribution in [0.25, 0.3) is 10.9 Å². The van der Waals surface area contributed by atoms with Gasteiger partial charge in [0.25, 0.3) is 11.8 Å². The largest absolute Gasteiger partial charge is 0.461 e. The summed E-state index contributed by atoms with van der Waals surface area (Å²) in [7, 11) is 0. The maximum atomic E-state index is 13.9. The van der Waals surface area contributed by atoms with E-state index in [1.165, 1.54) is 0 Å². The number of pyridine rings is 1. The van der Waals surface area contributed by atoms with E-state index >= 15 is 0 Å². The first kappa shape index (κ1) is 30.0. The molecule has 1 unspecified atom stereocenters. The molecule has 2 saturated heterocycles. The zero-order chi connectivity index (χ0) is 29.9. The summed E-state index contributed by atoms with van der Waals surface area (Å²) < 4.78 is 33.5. The molecule has 11 heteroatoms. The number of piperidine rings is 1. The Hall–Kier alpha value is -3.44. The molecule has 0 spiro atoms. The van der Waals surface area contributed by atoms with Gasteiger partial charge in [0.05, 0.1) is 17.7 Å². The Morgan fingerprint density at radius 2 is 1.64 bits per heavy atom. The number of benzene rings is 1. The van der Waals surface area contributed by atoms with Crippen molar-refractivity contribution in [3.63, 3.8) is 0 Å². The molecule has 0 radical (unpaired) electrons. The maximum absolute atomic E-state index is 13.9. The number of hydrogen-bond acceptors (Lipinski definition) is 8. The van der Waals surface area contributed by atoms with Crippen molar-refractivity contribution in [3.05, 3.63) is 53.9 Å². The Balaban J connectivity index is 1.31. The van der Waals surface area contributed by atoms with Gasteiger partial charge in [0.15, 0.2) is 0 Å². The van der Waals surface area contributed by atoms with Crippen LogP contribution in [-0.4, -0.2) is 94.5 Å². The molecular weight excluding hydrogens is 540 g/mol. The number of aromatic nitrogens is 3. The first-order valence-corrected chi connectivity index (χ1v) is 14.9. The number of nitrogens with zero attached hydrogens (tertiary/aromatic N) is 6. The van der Waals surface area contributed by atoms with Crippen LogP contribution >= 0.6 is 0 Å². The van der Waals surface area contributed by atoms with Crippen LogP contribution in [0.5, 0.6) is 6.01 Å². The number of amides is 1. The third-order valence-corrected chi connectivity index (χ3v) is 8.13. The van der Waals surface area contributed by atoms with Gasteiger partial charge in [-0.05, 0) is 52.0 Å². The summed E-state index contributed by atoms with van der Waals surface area (Å²) in [6.07, 6.45) is 2.78. The number of ether oxygens (including phenoxy) is 1. The molecule has 1 N–H and O–H groups in total. The molecule has 2 aromatic heterocycles. The highest BCUT2D eigenvalue weighted by Crippen LogP contribution is 2.32. The van der Waals surface area contributed by atoms with E-state index in [2.05, 4.69) is 38.9 Å². The van der Waals surface area contributed by atoms with Gasteiger partial charge in [-0.15, -0.1) is 0 Å². The van der Waals surface area contributed by atoms with Crippen LogP contribution < -0.4 is 15.0 Å². The van der Waals surface area contributed by atoms with Crippen LogP contribution in [0.1, 0.15) is 62.5 Å². The number of piperazine rings is 1. The number of halogens is 2. The van der Waals surface area contributed by atoms with E-state index in [4.69, 9.17) is 9.72 Å². The first-order valence-electron chi connectivity index (χ1n) is 14.9. The summed E-state index contributed by atoms with van der Waals surface area (Å²) in [5.74, 6) is -2.00. The van der Waals surface area contributed by atoms with Crippen LogP contribution in [0, 0.1) is 0 Å². The average Bonchev–Trinajstić information content (AvgIpc) is 2.97. The Labute approximate surface area is 246 Å². The lowest BCUT2D eigenvalue weighted by Gasteiger charge is -2.37. The third kappa shape index (κ3) is 7.12. The lowest BCUT2D eigenvalue weighted by atomic mass is 10.0. The van der Waals surface area contributed by atoms with Gasteiger partial charge in [-0.2, -0.15) is 0 Å². The van der Waals surface area contributed by atoms with E-state index in [1.807, 2.05) is 43.0 Å². The molecule has 226 valence electrons. The van der Waals surface area contributed by atoms with Gasteiger partial charge in [0, 0.05) is 93.6 Å². The van der Waals surface area contributed by atoms with Gasteiger partial charge >= 0.3 is 6.01 Å². The molecule has 0 bridgehead atoms. The third-order valence-electron chi connectivity index (χ3n) is 8.13. The summed E-state index contributed by atoms with van der Waals surface area (Å²) in [5.41, 5.74) is 2.02. The smallest absolute Gasteiger partial charge is 0.316 e. The van der Waals surface area contributed by atoms with Crippen molar-refractivity contribution >= 4 is 22.6 Å². The number of hydrogen-bond donors (Lipinski definition) is 1. The van der Waals surface area contributed by atoms with E-state index < -0.39 is 5.92 Å². The molecule has 42 heavy (non-hydrogen) atoms. The van der Waals surface area contributed by atoms with Crippen molar-refractivity contribution in [2.24, 2.45) is 0 Å². The minimum Gasteiger partial charge on any atom is -0.461 e. The highest BCUT2D eigenvalue weighted by molar-refractivity contribution is 6.06. The summed E-state index contributed by atoms with van der Waals surface area (Å²) in [5, 5.41) is 3.82. The zero-order valence-electron chi connectivity index (χ0n) is 24.9. The van der Waals surface area contributed by atoms with Crippen LogP contribution in [0.15, 0.2) is 42.7 Å². The molecule has 4 heterocycles. The number of likely N-dealkylation sites (tertiary alicyclic amines) is 1. The predicted molar refractivity (Wildman–Crippen MR) is 159 cm³/mol. The predicted octanol–water partition coefficient (Wildman–Crippen LogP) is 4.54. The van der Waals surface area contributed by atoms with Crippen molar-refractivity contribution in [1.82, 2.24) is 30.1 Å². The lowest BCUT2D eigenvalue weighted by Crippen LogP contribution is -2.49. The number of nitrogens with one attached hydrogen (secondary N) is 1. The molecule has 1 amide bonds. The normalized spacial score (nSPS) is 18.9. The average molecular weight is 582 g/mol. The number of carbonyl (C=O) groups is 1. The van der Waals surface area contributed by atoms with Gasteiger partial charge in [-0.1, -0.05) is 6.07 Å². The fraction of sp³-hybridized carbons (Fsp3) is 0.548. The Kier molecular flexibility index (Phi) is 9.17. The molecule has 9 nitrogen and oxygen atoms in total. The van der Waals surface area contributed by atoms with Crippen molar-refractivity contribution in [3.8, 4) is 6.01 Å². The molecule has 0 saturated carbocycles. The van der Waals surface area contributed by atoms with E-state index in [0.29, 0.717) is 11.6 Å². The van der Waals surface area contributed by atoms with Crippen molar-refractivity contribution in [2.45, 2.75) is 64.6 Å². The van der Waals surface area contributed by atoms with Gasteiger partial charge in [-0.25, -0.2) is 23.7 Å². The minimum absolute atomic E-state index is 0.0726. The number of fused-ring (bicyclic) bond motifs is 1. The lowest BCUT2D eigenvalue weighted by molar-refractivity contribution is -0.0632. The van der Waals surface area contributed by atoms with E-state index in [0.717, 1.165) is 48.5 Å². The SMILES string of the molecule is CC(C)Oc1ncc(C(CNC(=O)c2cccc3nc(N4CCN(C(C)C)CC4)ccc23)N2CCC(F)(F)CC2)cn1. The van der Waals surface area contributed by atoms with Gasteiger partial charge in [0.2, 0.25) is 0 Å². The van der Waals surface area contributed by atoms with Crippen molar-refractivity contribution < 1.29 is 18.3 Å². The Morgan fingerprint density at radius 3 is 2.29 bits per heavy atom. The number of anilines is 1. The number of rotatable bonds is 9. The number of carbonyl (C=O) groups excluding carboxylic acids is 1. The molecule has 2 aliphatic heterocycles. The van der Waals surface area contributed by atoms with Crippen molar-refractivity contribution in [2.75, 3.05) is 50.7 Å².